The van der Waals surface area contributed by atoms with Crippen molar-refractivity contribution in [2.24, 2.45) is 5.92 Å². The lowest BCUT2D eigenvalue weighted by Crippen LogP contribution is -2.50. The number of hydrogen-bond acceptors (Lipinski definition) is 4. The van der Waals surface area contributed by atoms with Gasteiger partial charge in [-0.05, 0) is 30.9 Å². The number of amides is 3. The van der Waals surface area contributed by atoms with Crippen LogP contribution in [0.1, 0.15) is 31.2 Å². The molecule has 8 heteroatoms. The molecule has 1 saturated carbocycles. The predicted molar refractivity (Wildman–Crippen MR) is 123 cm³/mol. The van der Waals surface area contributed by atoms with Gasteiger partial charge >= 0.3 is 6.03 Å². The standard InChI is InChI=1S/C23H37N3O4Si/c1-31(2,3)14-13-29-17-30-21-16-26(22(27)19-11-7-8-12-19)25-23(28)24-20(21)15-18-9-5-4-6-10-18/h4-6,9-10,19-21H,7-8,11-17H2,1-3H3,(H2,24,25,28)/t20-,21-/m1/s1. The number of ether oxygens (including phenoxy) is 2. The number of benzene rings is 1. The van der Waals surface area contributed by atoms with E-state index >= 15 is 0 Å². The zero-order valence-electron chi connectivity index (χ0n) is 19.1. The Kier molecular flexibility index (Phi) is 8.51. The number of nitrogens with zero attached hydrogens (tertiary/aromatic N) is 1. The second kappa shape index (κ2) is 11.1. The van der Waals surface area contributed by atoms with Crippen LogP contribution in [0.4, 0.5) is 4.79 Å². The average molecular weight is 448 g/mol. The van der Waals surface area contributed by atoms with Crippen LogP contribution in [0, 0.1) is 5.92 Å². The largest absolute Gasteiger partial charge is 0.356 e. The van der Waals surface area contributed by atoms with Gasteiger partial charge in [0.2, 0.25) is 5.91 Å². The molecule has 1 aliphatic heterocycles. The fraction of sp³-hybridized carbons (Fsp3) is 0.652. The van der Waals surface area contributed by atoms with Crippen molar-refractivity contribution < 1.29 is 19.1 Å². The highest BCUT2D eigenvalue weighted by molar-refractivity contribution is 6.76. The Balaban J connectivity index is 1.66. The molecule has 172 valence electrons. The predicted octanol–water partition coefficient (Wildman–Crippen LogP) is 3.54. The summed E-state index contributed by atoms with van der Waals surface area (Å²) in [5.74, 6) is -0.0270. The van der Waals surface area contributed by atoms with Gasteiger partial charge in [0.1, 0.15) is 12.9 Å². The van der Waals surface area contributed by atoms with Crippen molar-refractivity contribution >= 4 is 20.0 Å². The van der Waals surface area contributed by atoms with Crippen molar-refractivity contribution in [1.82, 2.24) is 15.8 Å². The Morgan fingerprint density at radius 1 is 1.16 bits per heavy atom. The van der Waals surface area contributed by atoms with Crippen molar-refractivity contribution in [1.29, 1.82) is 0 Å². The Hall–Kier alpha value is -1.90. The van der Waals surface area contributed by atoms with Crippen LogP contribution in [-0.4, -0.2) is 57.1 Å². The van der Waals surface area contributed by atoms with Crippen LogP contribution in [0.25, 0.3) is 0 Å². The first-order valence-electron chi connectivity index (χ1n) is 11.4. The molecular formula is C23H37N3O4Si. The van der Waals surface area contributed by atoms with Crippen molar-refractivity contribution in [3.05, 3.63) is 35.9 Å². The third kappa shape index (κ3) is 7.62. The summed E-state index contributed by atoms with van der Waals surface area (Å²) >= 11 is 0. The van der Waals surface area contributed by atoms with Crippen LogP contribution in [-0.2, 0) is 20.7 Å². The smallest absolute Gasteiger partial charge is 0.333 e. The van der Waals surface area contributed by atoms with E-state index in [-0.39, 0.29) is 36.8 Å². The summed E-state index contributed by atoms with van der Waals surface area (Å²) in [5.41, 5.74) is 3.85. The topological polar surface area (TPSA) is 79.9 Å². The molecule has 1 aromatic carbocycles. The van der Waals surface area contributed by atoms with E-state index < -0.39 is 8.07 Å². The molecule has 2 atom stereocenters. The molecule has 31 heavy (non-hydrogen) atoms. The van der Waals surface area contributed by atoms with Crippen molar-refractivity contribution in [2.45, 2.75) is 69.9 Å². The number of urea groups is 1. The van der Waals surface area contributed by atoms with Gasteiger partial charge in [-0.15, -0.1) is 0 Å². The highest BCUT2D eigenvalue weighted by Crippen LogP contribution is 2.27. The van der Waals surface area contributed by atoms with Crippen LogP contribution >= 0.6 is 0 Å². The summed E-state index contributed by atoms with van der Waals surface area (Å²) in [4.78, 5) is 25.5. The molecule has 0 bridgehead atoms. The SMILES string of the molecule is C[Si](C)(C)CCOCO[C@@H]1CN(C(=O)C2CCCC2)NC(=O)N[C@@H]1Cc1ccccc1. The Morgan fingerprint density at radius 2 is 1.87 bits per heavy atom. The molecule has 2 fully saturated rings. The normalized spacial score (nSPS) is 22.7. The maximum absolute atomic E-state index is 13.0. The van der Waals surface area contributed by atoms with E-state index in [0.717, 1.165) is 37.3 Å². The summed E-state index contributed by atoms with van der Waals surface area (Å²) in [6.07, 6.45) is 4.17. The lowest BCUT2D eigenvalue weighted by atomic mass is 10.0. The van der Waals surface area contributed by atoms with Crippen molar-refractivity contribution in [2.75, 3.05) is 19.9 Å². The maximum atomic E-state index is 13.0. The van der Waals surface area contributed by atoms with Gasteiger partial charge in [0.25, 0.3) is 0 Å². The number of rotatable bonds is 9. The second-order valence-electron chi connectivity index (χ2n) is 9.85. The van der Waals surface area contributed by atoms with Gasteiger partial charge in [0.05, 0.1) is 12.6 Å². The average Bonchev–Trinajstić information content (AvgIpc) is 3.20. The van der Waals surface area contributed by atoms with Gasteiger partial charge in [0.15, 0.2) is 0 Å². The molecule has 0 aromatic heterocycles. The van der Waals surface area contributed by atoms with Crippen molar-refractivity contribution in [3.8, 4) is 0 Å². The van der Waals surface area contributed by atoms with E-state index in [9.17, 15) is 9.59 Å². The molecule has 1 aliphatic carbocycles. The zero-order chi connectivity index (χ0) is 22.3. The van der Waals surface area contributed by atoms with Crippen LogP contribution < -0.4 is 10.7 Å². The minimum Gasteiger partial charge on any atom is -0.356 e. The summed E-state index contributed by atoms with van der Waals surface area (Å²) in [5, 5.41) is 4.46. The first kappa shape index (κ1) is 23.8. The molecule has 7 nitrogen and oxygen atoms in total. The lowest BCUT2D eigenvalue weighted by Gasteiger charge is -2.29. The number of hydrogen-bond donors (Lipinski definition) is 2. The molecule has 1 saturated heterocycles. The highest BCUT2D eigenvalue weighted by atomic mass is 28.3. The third-order valence-corrected chi connectivity index (χ3v) is 7.70. The van der Waals surface area contributed by atoms with E-state index in [2.05, 4.69) is 30.4 Å². The van der Waals surface area contributed by atoms with Crippen LogP contribution in [0.5, 0.6) is 0 Å². The zero-order valence-corrected chi connectivity index (χ0v) is 20.1. The third-order valence-electron chi connectivity index (χ3n) is 6.00. The Bertz CT molecular complexity index is 719. The first-order chi connectivity index (χ1) is 14.8. The first-order valence-corrected chi connectivity index (χ1v) is 15.1. The van der Waals surface area contributed by atoms with Crippen LogP contribution in [0.2, 0.25) is 25.7 Å². The minimum absolute atomic E-state index is 0.0127. The van der Waals surface area contributed by atoms with E-state index in [1.54, 1.807) is 0 Å². The number of carbonyl (C=O) groups excluding carboxylic acids is 2. The van der Waals surface area contributed by atoms with Gasteiger partial charge in [-0.2, -0.15) is 0 Å². The van der Waals surface area contributed by atoms with Crippen LogP contribution in [0.15, 0.2) is 30.3 Å². The summed E-state index contributed by atoms with van der Waals surface area (Å²) in [7, 11) is -1.17. The molecule has 0 radical (unpaired) electrons. The van der Waals surface area contributed by atoms with Gasteiger partial charge in [-0.3, -0.25) is 4.79 Å². The quantitative estimate of drug-likeness (QED) is 0.345. The summed E-state index contributed by atoms with van der Waals surface area (Å²) < 4.78 is 11.8. The summed E-state index contributed by atoms with van der Waals surface area (Å²) in [6, 6.07) is 10.5. The van der Waals surface area contributed by atoms with Gasteiger partial charge < -0.3 is 14.8 Å². The molecule has 3 amide bonds. The van der Waals surface area contributed by atoms with E-state index in [4.69, 9.17) is 9.47 Å². The van der Waals surface area contributed by atoms with Gasteiger partial charge in [0, 0.05) is 20.6 Å². The maximum Gasteiger partial charge on any atom is 0.333 e. The molecule has 2 N–H and O–H groups in total. The molecule has 2 aliphatic rings. The highest BCUT2D eigenvalue weighted by Gasteiger charge is 2.36. The molecule has 0 unspecified atom stereocenters. The van der Waals surface area contributed by atoms with E-state index in [1.165, 1.54) is 5.01 Å². The van der Waals surface area contributed by atoms with E-state index in [0.29, 0.717) is 19.6 Å². The second-order valence-corrected chi connectivity index (χ2v) is 15.5. The van der Waals surface area contributed by atoms with Crippen molar-refractivity contribution in [3.63, 3.8) is 0 Å². The number of hydrazine groups is 1. The fourth-order valence-corrected chi connectivity index (χ4v) is 4.86. The summed E-state index contributed by atoms with van der Waals surface area (Å²) in [6.45, 7) is 8.07. The number of carbonyl (C=O) groups is 2. The van der Waals surface area contributed by atoms with Crippen LogP contribution in [0.3, 0.4) is 0 Å². The Morgan fingerprint density at radius 3 is 2.55 bits per heavy atom. The lowest BCUT2D eigenvalue weighted by molar-refractivity contribution is -0.143. The fourth-order valence-electron chi connectivity index (χ4n) is 4.10. The monoisotopic (exact) mass is 447 g/mol. The van der Waals surface area contributed by atoms with E-state index in [1.807, 2.05) is 30.3 Å². The molecule has 1 heterocycles. The molecule has 0 spiro atoms. The molecular weight excluding hydrogens is 410 g/mol. The van der Waals surface area contributed by atoms with Gasteiger partial charge in [-0.1, -0.05) is 62.8 Å². The minimum atomic E-state index is -1.17. The molecule has 3 rings (SSSR count). The Labute approximate surface area is 186 Å². The van der Waals surface area contributed by atoms with Gasteiger partial charge in [-0.25, -0.2) is 15.2 Å². The molecule has 1 aromatic rings. The number of nitrogens with one attached hydrogen (secondary N) is 2.